The van der Waals surface area contributed by atoms with E-state index in [0.717, 1.165) is 38.3 Å². The van der Waals surface area contributed by atoms with Crippen molar-refractivity contribution in [1.82, 2.24) is 24.5 Å². The molecule has 0 aromatic carbocycles. The van der Waals surface area contributed by atoms with E-state index in [2.05, 4.69) is 40.6 Å². The smallest absolute Gasteiger partial charge is 0.266 e. The molecule has 4 heterocycles. The van der Waals surface area contributed by atoms with Crippen LogP contribution < -0.4 is 5.56 Å². The van der Waals surface area contributed by atoms with Gasteiger partial charge in [-0.1, -0.05) is 20.8 Å². The van der Waals surface area contributed by atoms with E-state index in [9.17, 15) is 4.79 Å². The van der Waals surface area contributed by atoms with Gasteiger partial charge in [-0.25, -0.2) is 4.68 Å². The van der Waals surface area contributed by atoms with Crippen LogP contribution >= 0.6 is 0 Å². The molecular weight excluding hydrogens is 326 g/mol. The molecule has 6 heteroatoms. The fourth-order valence-electron chi connectivity index (χ4n) is 4.00. The van der Waals surface area contributed by atoms with Crippen molar-refractivity contribution in [1.29, 1.82) is 0 Å². The van der Waals surface area contributed by atoms with E-state index in [4.69, 9.17) is 0 Å². The maximum atomic E-state index is 12.1. The molecule has 26 heavy (non-hydrogen) atoms. The molecule has 0 saturated carbocycles. The predicted octanol–water partition coefficient (Wildman–Crippen LogP) is 2.21. The molecule has 0 bridgehead atoms. The summed E-state index contributed by atoms with van der Waals surface area (Å²) in [6.45, 7) is 11.2. The summed E-state index contributed by atoms with van der Waals surface area (Å²) in [6.07, 6.45) is 5.73. The van der Waals surface area contributed by atoms with Crippen molar-refractivity contribution in [3.05, 3.63) is 45.6 Å². The van der Waals surface area contributed by atoms with Crippen molar-refractivity contribution in [3.63, 3.8) is 0 Å². The van der Waals surface area contributed by atoms with Crippen LogP contribution in [0, 0.1) is 5.92 Å². The molecule has 6 nitrogen and oxygen atoms in total. The van der Waals surface area contributed by atoms with Crippen molar-refractivity contribution in [2.75, 3.05) is 13.1 Å². The molecule has 2 aliphatic rings. The summed E-state index contributed by atoms with van der Waals surface area (Å²) in [6, 6.07) is 3.51. The number of aryl methyl sites for hydroxylation is 1. The second-order valence-electron chi connectivity index (χ2n) is 8.85. The van der Waals surface area contributed by atoms with Gasteiger partial charge in [-0.3, -0.25) is 14.4 Å². The number of hydrogen-bond donors (Lipinski definition) is 0. The summed E-state index contributed by atoms with van der Waals surface area (Å²) in [4.78, 5) is 14.6. The molecule has 2 aromatic heterocycles. The fraction of sp³-hybridized carbons (Fsp3) is 0.650. The van der Waals surface area contributed by atoms with E-state index in [1.165, 1.54) is 24.1 Å². The summed E-state index contributed by atoms with van der Waals surface area (Å²) in [7, 11) is 0. The highest BCUT2D eigenvalue weighted by Crippen LogP contribution is 2.24. The van der Waals surface area contributed by atoms with Gasteiger partial charge < -0.3 is 0 Å². The molecule has 2 aromatic rings. The molecule has 0 radical (unpaired) electrons. The lowest BCUT2D eigenvalue weighted by atomic mass is 9.92. The van der Waals surface area contributed by atoms with Gasteiger partial charge in [0.25, 0.3) is 5.56 Å². The Bertz CT molecular complexity index is 839. The summed E-state index contributed by atoms with van der Waals surface area (Å²) in [5, 5.41) is 9.13. The minimum absolute atomic E-state index is 0.00199. The van der Waals surface area contributed by atoms with E-state index in [0.29, 0.717) is 12.5 Å². The van der Waals surface area contributed by atoms with Crippen LogP contribution in [-0.2, 0) is 31.5 Å². The average Bonchev–Trinajstić information content (AvgIpc) is 2.96. The average molecular weight is 355 g/mol. The van der Waals surface area contributed by atoms with Crippen LogP contribution in [0.3, 0.4) is 0 Å². The maximum absolute atomic E-state index is 12.1. The molecule has 0 unspecified atom stereocenters. The first-order chi connectivity index (χ1) is 12.4. The predicted molar refractivity (Wildman–Crippen MR) is 101 cm³/mol. The van der Waals surface area contributed by atoms with Gasteiger partial charge in [0.05, 0.1) is 18.4 Å². The molecule has 2 aliphatic heterocycles. The molecule has 4 rings (SSSR count). The van der Waals surface area contributed by atoms with Crippen molar-refractivity contribution < 1.29 is 0 Å². The van der Waals surface area contributed by atoms with Gasteiger partial charge in [0.15, 0.2) is 0 Å². The molecule has 0 N–H and O–H groups in total. The van der Waals surface area contributed by atoms with Crippen molar-refractivity contribution in [2.45, 2.75) is 65.1 Å². The Morgan fingerprint density at radius 2 is 2.00 bits per heavy atom. The van der Waals surface area contributed by atoms with Crippen LogP contribution in [0.5, 0.6) is 0 Å². The zero-order chi connectivity index (χ0) is 18.3. The minimum atomic E-state index is -0.0390. The quantitative estimate of drug-likeness (QED) is 0.844. The highest BCUT2D eigenvalue weighted by molar-refractivity contribution is 5.19. The van der Waals surface area contributed by atoms with Crippen molar-refractivity contribution >= 4 is 0 Å². The topological polar surface area (TPSA) is 56.0 Å². The molecule has 0 amide bonds. The summed E-state index contributed by atoms with van der Waals surface area (Å²) >= 11 is 0. The van der Waals surface area contributed by atoms with Crippen molar-refractivity contribution in [3.8, 4) is 0 Å². The number of aromatic nitrogens is 4. The third-order valence-electron chi connectivity index (χ3n) is 5.56. The summed E-state index contributed by atoms with van der Waals surface area (Å²) < 4.78 is 3.84. The second-order valence-corrected chi connectivity index (χ2v) is 8.85. The van der Waals surface area contributed by atoms with Gasteiger partial charge in [0.2, 0.25) is 0 Å². The number of hydrogen-bond acceptors (Lipinski definition) is 4. The Labute approximate surface area is 154 Å². The first-order valence-electron chi connectivity index (χ1n) is 9.75. The monoisotopic (exact) mass is 355 g/mol. The zero-order valence-corrected chi connectivity index (χ0v) is 16.1. The van der Waals surface area contributed by atoms with Crippen LogP contribution in [0.2, 0.25) is 0 Å². The number of rotatable bonds is 4. The highest BCUT2D eigenvalue weighted by Gasteiger charge is 2.29. The van der Waals surface area contributed by atoms with E-state index >= 15 is 0 Å². The Balaban J connectivity index is 1.36. The van der Waals surface area contributed by atoms with Gasteiger partial charge in [0.1, 0.15) is 0 Å². The molecular formula is C20H29N5O. The lowest BCUT2D eigenvalue weighted by molar-refractivity contribution is 0.0760. The number of fused-ring (bicyclic) bond motifs is 1. The number of likely N-dealkylation sites (tertiary alicyclic amines) is 1. The maximum Gasteiger partial charge on any atom is 0.266 e. The van der Waals surface area contributed by atoms with Crippen LogP contribution in [0.4, 0.5) is 0 Å². The molecule has 0 aliphatic carbocycles. The highest BCUT2D eigenvalue weighted by atomic mass is 16.1. The Morgan fingerprint density at radius 1 is 1.19 bits per heavy atom. The zero-order valence-electron chi connectivity index (χ0n) is 16.1. The summed E-state index contributed by atoms with van der Waals surface area (Å²) in [5.74, 6) is 0.502. The normalized spacial score (nSPS) is 18.6. The van der Waals surface area contributed by atoms with Gasteiger partial charge in [0, 0.05) is 54.8 Å². The molecule has 0 atom stereocenters. The SMILES string of the molecule is CC(C)(C)c1ccc(=O)n(CC2CN(Cc3cnn4c3CCCC4)C2)n1. The Kier molecular flexibility index (Phi) is 4.47. The third-order valence-corrected chi connectivity index (χ3v) is 5.56. The van der Waals surface area contributed by atoms with E-state index < -0.39 is 0 Å². The van der Waals surface area contributed by atoms with Crippen LogP contribution in [0.1, 0.15) is 50.6 Å². The van der Waals surface area contributed by atoms with Gasteiger partial charge in [-0.15, -0.1) is 0 Å². The van der Waals surface area contributed by atoms with Gasteiger partial charge in [-0.05, 0) is 25.3 Å². The minimum Gasteiger partial charge on any atom is -0.298 e. The van der Waals surface area contributed by atoms with E-state index in [1.54, 1.807) is 10.7 Å². The third kappa shape index (κ3) is 3.47. The van der Waals surface area contributed by atoms with E-state index in [1.807, 2.05) is 12.3 Å². The van der Waals surface area contributed by atoms with Crippen LogP contribution in [0.15, 0.2) is 23.1 Å². The molecule has 0 spiro atoms. The standard InChI is InChI=1S/C20H29N5O/c1-20(2,3)18-7-8-19(26)25(22-18)13-15-11-23(12-15)14-16-10-21-24-9-5-4-6-17(16)24/h7-8,10,15H,4-6,9,11-14H2,1-3H3. The Morgan fingerprint density at radius 3 is 2.77 bits per heavy atom. The largest absolute Gasteiger partial charge is 0.298 e. The lowest BCUT2D eigenvalue weighted by Crippen LogP contribution is -2.49. The fourth-order valence-corrected chi connectivity index (χ4v) is 4.00. The first-order valence-corrected chi connectivity index (χ1v) is 9.75. The lowest BCUT2D eigenvalue weighted by Gasteiger charge is -2.39. The molecule has 140 valence electrons. The van der Waals surface area contributed by atoms with Gasteiger partial charge >= 0.3 is 0 Å². The second kappa shape index (κ2) is 6.65. The van der Waals surface area contributed by atoms with Gasteiger partial charge in [-0.2, -0.15) is 10.2 Å². The number of nitrogens with zero attached hydrogens (tertiary/aromatic N) is 5. The first kappa shape index (κ1) is 17.5. The van der Waals surface area contributed by atoms with E-state index in [-0.39, 0.29) is 11.0 Å². The molecule has 1 fully saturated rings. The molecule has 1 saturated heterocycles. The summed E-state index contributed by atoms with van der Waals surface area (Å²) in [5.41, 5.74) is 3.74. The van der Waals surface area contributed by atoms with Crippen LogP contribution in [0.25, 0.3) is 0 Å². The van der Waals surface area contributed by atoms with Crippen LogP contribution in [-0.4, -0.2) is 37.6 Å². The Hall–Kier alpha value is -1.95. The van der Waals surface area contributed by atoms with Crippen molar-refractivity contribution in [2.24, 2.45) is 5.92 Å².